The van der Waals surface area contributed by atoms with Crippen LogP contribution in [0.25, 0.3) is 0 Å². The quantitative estimate of drug-likeness (QED) is 0.634. The second-order valence-electron chi connectivity index (χ2n) is 4.29. The minimum atomic E-state index is -0.790. The zero-order valence-electron chi connectivity index (χ0n) is 10.9. The van der Waals surface area contributed by atoms with Gasteiger partial charge in [0.25, 0.3) is 11.6 Å². The molecule has 0 aliphatic carbocycles. The predicted molar refractivity (Wildman–Crippen MR) is 78.2 cm³/mol. The third-order valence-corrected chi connectivity index (χ3v) is 3.98. The highest BCUT2D eigenvalue weighted by atomic mass is 35.5. The number of non-ortho nitro benzene ring substituents is 1. The van der Waals surface area contributed by atoms with Crippen LogP contribution in [0, 0.1) is 15.9 Å². The minimum absolute atomic E-state index is 0.248. The van der Waals surface area contributed by atoms with E-state index in [-0.39, 0.29) is 17.8 Å². The highest BCUT2D eigenvalue weighted by Gasteiger charge is 2.20. The molecule has 0 fully saturated rings. The molecule has 0 aliphatic rings. The van der Waals surface area contributed by atoms with Gasteiger partial charge in [-0.15, -0.1) is 11.3 Å². The Hall–Kier alpha value is -1.99. The standard InChI is InChI=1S/C13H10ClFN2O3S/c1-16(7-9-3-5-12(14)21-9)13(18)10-6-8(17(19)20)2-4-11(10)15/h2-6H,7H2,1H3. The Morgan fingerprint density at radius 3 is 2.71 bits per heavy atom. The molecular formula is C13H10ClFN2O3S. The molecule has 0 aliphatic heterocycles. The second-order valence-corrected chi connectivity index (χ2v) is 6.09. The van der Waals surface area contributed by atoms with E-state index in [1.165, 1.54) is 23.3 Å². The number of halogens is 2. The van der Waals surface area contributed by atoms with Crippen LogP contribution in [0.5, 0.6) is 0 Å². The van der Waals surface area contributed by atoms with Crippen LogP contribution in [0.2, 0.25) is 4.34 Å². The number of carbonyl (C=O) groups is 1. The highest BCUT2D eigenvalue weighted by molar-refractivity contribution is 7.16. The minimum Gasteiger partial charge on any atom is -0.336 e. The van der Waals surface area contributed by atoms with Gasteiger partial charge in [-0.1, -0.05) is 11.6 Å². The van der Waals surface area contributed by atoms with Crippen molar-refractivity contribution < 1.29 is 14.1 Å². The van der Waals surface area contributed by atoms with Gasteiger partial charge in [0.2, 0.25) is 0 Å². The maximum Gasteiger partial charge on any atom is 0.270 e. The number of benzene rings is 1. The van der Waals surface area contributed by atoms with Crippen LogP contribution in [0.1, 0.15) is 15.2 Å². The molecule has 0 bridgehead atoms. The molecule has 1 amide bonds. The fraction of sp³-hybridized carbons (Fsp3) is 0.154. The summed E-state index contributed by atoms with van der Waals surface area (Å²) in [4.78, 5) is 24.3. The number of nitro benzene ring substituents is 1. The third kappa shape index (κ3) is 3.56. The van der Waals surface area contributed by atoms with E-state index < -0.39 is 16.6 Å². The third-order valence-electron chi connectivity index (χ3n) is 2.76. The number of hydrogen-bond acceptors (Lipinski definition) is 4. The second kappa shape index (κ2) is 6.19. The summed E-state index contributed by atoms with van der Waals surface area (Å²) in [5.41, 5.74) is -0.651. The van der Waals surface area contributed by atoms with E-state index in [1.807, 2.05) is 0 Å². The van der Waals surface area contributed by atoms with Gasteiger partial charge in [0, 0.05) is 24.1 Å². The van der Waals surface area contributed by atoms with Crippen LogP contribution >= 0.6 is 22.9 Å². The predicted octanol–water partition coefficient (Wildman–Crippen LogP) is 3.72. The van der Waals surface area contributed by atoms with E-state index in [0.29, 0.717) is 4.34 Å². The monoisotopic (exact) mass is 328 g/mol. The fourth-order valence-electron chi connectivity index (χ4n) is 1.74. The molecule has 1 aromatic heterocycles. The number of nitro groups is 1. The van der Waals surface area contributed by atoms with Gasteiger partial charge in [0.15, 0.2) is 0 Å². The lowest BCUT2D eigenvalue weighted by molar-refractivity contribution is -0.384. The lowest BCUT2D eigenvalue weighted by Gasteiger charge is -2.16. The molecule has 0 atom stereocenters. The van der Waals surface area contributed by atoms with Crippen LogP contribution < -0.4 is 0 Å². The normalized spacial score (nSPS) is 10.4. The molecule has 0 radical (unpaired) electrons. The number of carbonyl (C=O) groups excluding carboxylic acids is 1. The molecule has 5 nitrogen and oxygen atoms in total. The number of hydrogen-bond donors (Lipinski definition) is 0. The summed E-state index contributed by atoms with van der Waals surface area (Å²) in [6.45, 7) is 0.248. The van der Waals surface area contributed by atoms with Crippen molar-refractivity contribution >= 4 is 34.5 Å². The first-order chi connectivity index (χ1) is 9.88. The molecule has 0 saturated carbocycles. The maximum atomic E-state index is 13.7. The van der Waals surface area contributed by atoms with Crippen molar-refractivity contribution in [1.29, 1.82) is 0 Å². The molecule has 2 aromatic rings. The molecule has 21 heavy (non-hydrogen) atoms. The van der Waals surface area contributed by atoms with E-state index in [4.69, 9.17) is 11.6 Å². The largest absolute Gasteiger partial charge is 0.336 e. The Balaban J connectivity index is 2.22. The summed E-state index contributed by atoms with van der Waals surface area (Å²) in [5, 5.41) is 10.7. The van der Waals surface area contributed by atoms with Gasteiger partial charge in [-0.3, -0.25) is 14.9 Å². The average Bonchev–Trinajstić information content (AvgIpc) is 2.83. The topological polar surface area (TPSA) is 63.5 Å². The van der Waals surface area contributed by atoms with Gasteiger partial charge in [-0.05, 0) is 18.2 Å². The fourth-order valence-corrected chi connectivity index (χ4v) is 2.88. The number of nitrogens with zero attached hydrogens (tertiary/aromatic N) is 2. The summed E-state index contributed by atoms with van der Waals surface area (Å²) in [5.74, 6) is -1.41. The van der Waals surface area contributed by atoms with E-state index in [9.17, 15) is 19.3 Å². The average molecular weight is 329 g/mol. The van der Waals surface area contributed by atoms with Crippen molar-refractivity contribution in [3.05, 3.63) is 61.0 Å². The lowest BCUT2D eigenvalue weighted by Crippen LogP contribution is -2.26. The Labute approximate surface area is 128 Å². The van der Waals surface area contributed by atoms with Gasteiger partial charge >= 0.3 is 0 Å². The molecular weight excluding hydrogens is 319 g/mol. The van der Waals surface area contributed by atoms with E-state index in [1.54, 1.807) is 12.1 Å². The van der Waals surface area contributed by atoms with Gasteiger partial charge in [-0.2, -0.15) is 0 Å². The van der Waals surface area contributed by atoms with Crippen LogP contribution in [-0.4, -0.2) is 22.8 Å². The first kappa shape index (κ1) is 15.4. The van der Waals surface area contributed by atoms with E-state index in [0.717, 1.165) is 23.1 Å². The molecule has 0 saturated heterocycles. The van der Waals surface area contributed by atoms with Gasteiger partial charge in [0.05, 0.1) is 21.4 Å². The Bertz CT molecular complexity index is 704. The zero-order chi connectivity index (χ0) is 15.6. The Kier molecular flexibility index (Phi) is 4.54. The molecule has 1 heterocycles. The van der Waals surface area contributed by atoms with Gasteiger partial charge in [0.1, 0.15) is 5.82 Å². The summed E-state index contributed by atoms with van der Waals surface area (Å²) >= 11 is 7.11. The zero-order valence-corrected chi connectivity index (χ0v) is 12.4. The lowest BCUT2D eigenvalue weighted by atomic mass is 10.1. The van der Waals surface area contributed by atoms with Crippen LogP contribution in [0.4, 0.5) is 10.1 Å². The van der Waals surface area contributed by atoms with Crippen molar-refractivity contribution in [1.82, 2.24) is 4.90 Å². The van der Waals surface area contributed by atoms with Crippen molar-refractivity contribution in [2.75, 3.05) is 7.05 Å². The SMILES string of the molecule is CN(Cc1ccc(Cl)s1)C(=O)c1cc([N+](=O)[O-])ccc1F. The summed E-state index contributed by atoms with van der Waals surface area (Å²) < 4.78 is 14.3. The van der Waals surface area contributed by atoms with E-state index >= 15 is 0 Å². The molecule has 2 rings (SSSR count). The maximum absolute atomic E-state index is 13.7. The molecule has 1 aromatic carbocycles. The molecule has 110 valence electrons. The van der Waals surface area contributed by atoms with Crippen LogP contribution in [0.15, 0.2) is 30.3 Å². The number of rotatable bonds is 4. The van der Waals surface area contributed by atoms with Crippen LogP contribution in [0.3, 0.4) is 0 Å². The van der Waals surface area contributed by atoms with Crippen LogP contribution in [-0.2, 0) is 6.54 Å². The summed E-state index contributed by atoms with van der Waals surface area (Å²) in [6, 6.07) is 6.34. The molecule has 0 unspecified atom stereocenters. The molecule has 8 heteroatoms. The number of amides is 1. The van der Waals surface area contributed by atoms with Crippen molar-refractivity contribution in [3.8, 4) is 0 Å². The van der Waals surface area contributed by atoms with Gasteiger partial charge in [-0.25, -0.2) is 4.39 Å². The number of thiophene rings is 1. The van der Waals surface area contributed by atoms with Crippen molar-refractivity contribution in [2.45, 2.75) is 6.54 Å². The molecule has 0 spiro atoms. The first-order valence-corrected chi connectivity index (χ1v) is 7.01. The summed E-state index contributed by atoms with van der Waals surface area (Å²) in [6.07, 6.45) is 0. The molecule has 0 N–H and O–H groups in total. The van der Waals surface area contributed by atoms with E-state index in [2.05, 4.69) is 0 Å². The first-order valence-electron chi connectivity index (χ1n) is 5.82. The highest BCUT2D eigenvalue weighted by Crippen LogP contribution is 2.24. The van der Waals surface area contributed by atoms with Crippen molar-refractivity contribution in [3.63, 3.8) is 0 Å². The summed E-state index contributed by atoms with van der Waals surface area (Å²) in [7, 11) is 1.49. The van der Waals surface area contributed by atoms with Crippen molar-refractivity contribution in [2.24, 2.45) is 0 Å². The smallest absolute Gasteiger partial charge is 0.270 e. The van der Waals surface area contributed by atoms with Gasteiger partial charge < -0.3 is 4.90 Å². The Morgan fingerprint density at radius 1 is 1.43 bits per heavy atom. The Morgan fingerprint density at radius 2 is 2.14 bits per heavy atom.